The van der Waals surface area contributed by atoms with Crippen molar-refractivity contribution in [2.45, 2.75) is 45.7 Å². The van der Waals surface area contributed by atoms with Crippen molar-refractivity contribution in [2.24, 2.45) is 5.73 Å². The van der Waals surface area contributed by atoms with Gasteiger partial charge in [0.05, 0.1) is 36.3 Å². The SMILES string of the molecule is CC(C)c1nc2ccccc2n1-c1nc(N2CCOCC2)c2oc(CN3CCN(C(C)(C)C(N)=O)CC3)cc2n1. The zero-order chi connectivity index (χ0) is 28.0. The van der Waals surface area contributed by atoms with Crippen LogP contribution in [0.25, 0.3) is 28.1 Å². The van der Waals surface area contributed by atoms with E-state index in [1.54, 1.807) is 0 Å². The van der Waals surface area contributed by atoms with Gasteiger partial charge >= 0.3 is 0 Å². The predicted octanol–water partition coefficient (Wildman–Crippen LogP) is 2.90. The van der Waals surface area contributed by atoms with Crippen LogP contribution in [-0.4, -0.2) is 93.2 Å². The summed E-state index contributed by atoms with van der Waals surface area (Å²) in [6, 6.07) is 10.2. The van der Waals surface area contributed by atoms with Gasteiger partial charge in [0.15, 0.2) is 11.4 Å². The summed E-state index contributed by atoms with van der Waals surface area (Å²) < 4.78 is 14.2. The highest BCUT2D eigenvalue weighted by atomic mass is 16.5. The van der Waals surface area contributed by atoms with Crippen molar-refractivity contribution in [1.82, 2.24) is 29.3 Å². The number of furan rings is 1. The molecule has 2 saturated heterocycles. The lowest BCUT2D eigenvalue weighted by atomic mass is 10.0. The summed E-state index contributed by atoms with van der Waals surface area (Å²) >= 11 is 0. The number of carbonyl (C=O) groups is 1. The molecule has 1 aromatic carbocycles. The zero-order valence-corrected chi connectivity index (χ0v) is 23.8. The fourth-order valence-electron chi connectivity index (χ4n) is 5.60. The van der Waals surface area contributed by atoms with Gasteiger partial charge in [-0.15, -0.1) is 0 Å². The van der Waals surface area contributed by atoms with E-state index in [-0.39, 0.29) is 11.8 Å². The number of nitrogens with two attached hydrogens (primary N) is 1. The van der Waals surface area contributed by atoms with Crippen LogP contribution in [0.3, 0.4) is 0 Å². The van der Waals surface area contributed by atoms with Crippen LogP contribution in [0.2, 0.25) is 0 Å². The highest BCUT2D eigenvalue weighted by Gasteiger charge is 2.35. The van der Waals surface area contributed by atoms with Crippen LogP contribution in [0.5, 0.6) is 0 Å². The lowest BCUT2D eigenvalue weighted by Crippen LogP contribution is -2.59. The van der Waals surface area contributed by atoms with Gasteiger partial charge in [0.1, 0.15) is 17.1 Å². The first kappa shape index (κ1) is 26.7. The lowest BCUT2D eigenvalue weighted by Gasteiger charge is -2.42. The fourth-order valence-corrected chi connectivity index (χ4v) is 5.60. The molecule has 0 radical (unpaired) electrons. The summed E-state index contributed by atoms with van der Waals surface area (Å²) in [4.78, 5) is 33.7. The number of ether oxygens (including phenoxy) is 1. The number of aromatic nitrogens is 4. The van der Waals surface area contributed by atoms with Gasteiger partial charge in [-0.25, -0.2) is 9.97 Å². The largest absolute Gasteiger partial charge is 0.454 e. The molecule has 0 unspecified atom stereocenters. The summed E-state index contributed by atoms with van der Waals surface area (Å²) in [5.41, 5.74) is 8.38. The number of primary amides is 1. The van der Waals surface area contributed by atoms with Crippen LogP contribution in [0.1, 0.15) is 45.2 Å². The van der Waals surface area contributed by atoms with Gasteiger partial charge in [0.25, 0.3) is 0 Å². The summed E-state index contributed by atoms with van der Waals surface area (Å²) in [5, 5.41) is 0. The average Bonchev–Trinajstić information content (AvgIpc) is 3.54. The van der Waals surface area contributed by atoms with Crippen molar-refractivity contribution in [3.05, 3.63) is 41.9 Å². The van der Waals surface area contributed by atoms with Crippen molar-refractivity contribution in [3.8, 4) is 5.95 Å². The third kappa shape index (κ3) is 4.82. The predicted molar refractivity (Wildman–Crippen MR) is 154 cm³/mol. The number of benzene rings is 1. The van der Waals surface area contributed by atoms with E-state index in [4.69, 9.17) is 29.8 Å². The van der Waals surface area contributed by atoms with Gasteiger partial charge in [-0.2, -0.15) is 4.98 Å². The topological polar surface area (TPSA) is 119 Å². The molecule has 0 spiro atoms. The number of hydrogen-bond donors (Lipinski definition) is 1. The molecule has 0 saturated carbocycles. The molecule has 212 valence electrons. The number of imidazole rings is 1. The average molecular weight is 547 g/mol. The number of para-hydroxylation sites is 2. The Hall–Kier alpha value is -3.54. The normalized spacial score (nSPS) is 17.9. The molecule has 5 heterocycles. The fraction of sp³-hybridized carbons (Fsp3) is 0.517. The maximum absolute atomic E-state index is 11.9. The number of rotatable bonds is 7. The summed E-state index contributed by atoms with van der Waals surface area (Å²) in [6.07, 6.45) is 0. The molecule has 1 amide bonds. The summed E-state index contributed by atoms with van der Waals surface area (Å²) in [5.74, 6) is 3.05. The third-order valence-electron chi connectivity index (χ3n) is 8.15. The minimum Gasteiger partial charge on any atom is -0.454 e. The second-order valence-electron chi connectivity index (χ2n) is 11.5. The van der Waals surface area contributed by atoms with Gasteiger partial charge in [0, 0.05) is 51.3 Å². The Balaban J connectivity index is 1.36. The van der Waals surface area contributed by atoms with Gasteiger partial charge in [-0.05, 0) is 26.0 Å². The Morgan fingerprint density at radius 1 is 1.00 bits per heavy atom. The molecule has 0 atom stereocenters. The van der Waals surface area contributed by atoms with E-state index < -0.39 is 5.54 Å². The first-order valence-electron chi connectivity index (χ1n) is 14.1. The lowest BCUT2D eigenvalue weighted by molar-refractivity contribution is -0.129. The molecule has 3 aromatic heterocycles. The minimum atomic E-state index is -0.656. The zero-order valence-electron chi connectivity index (χ0n) is 23.8. The second kappa shape index (κ2) is 10.5. The van der Waals surface area contributed by atoms with Crippen LogP contribution < -0.4 is 10.6 Å². The van der Waals surface area contributed by atoms with Gasteiger partial charge in [0.2, 0.25) is 11.9 Å². The first-order valence-corrected chi connectivity index (χ1v) is 14.1. The Bertz CT molecular complexity index is 1530. The summed E-state index contributed by atoms with van der Waals surface area (Å²) in [6.45, 7) is 14.7. The maximum atomic E-state index is 11.9. The highest BCUT2D eigenvalue weighted by molar-refractivity contribution is 5.86. The quantitative estimate of drug-likeness (QED) is 0.373. The molecule has 0 aliphatic carbocycles. The van der Waals surface area contributed by atoms with Crippen molar-refractivity contribution in [2.75, 3.05) is 57.4 Å². The second-order valence-corrected chi connectivity index (χ2v) is 11.5. The standard InChI is InChI=1S/C29H38N8O3/c1-19(2)25-31-21-7-5-6-8-23(21)37(25)28-32-22-17-20(40-24(22)26(33-28)35-13-15-39-16-14-35)18-34-9-11-36(12-10-34)29(3,4)27(30)38/h5-8,17,19H,9-16,18H2,1-4H3,(H2,30,38). The molecular formula is C29H38N8O3. The van der Waals surface area contributed by atoms with Crippen LogP contribution in [0, 0.1) is 0 Å². The Morgan fingerprint density at radius 2 is 1.73 bits per heavy atom. The summed E-state index contributed by atoms with van der Waals surface area (Å²) in [7, 11) is 0. The molecule has 2 aliphatic rings. The molecule has 4 aromatic rings. The number of morpholine rings is 1. The van der Waals surface area contributed by atoms with E-state index in [0.717, 1.165) is 73.2 Å². The minimum absolute atomic E-state index is 0.191. The number of amides is 1. The van der Waals surface area contributed by atoms with Crippen molar-refractivity contribution in [1.29, 1.82) is 0 Å². The van der Waals surface area contributed by atoms with Gasteiger partial charge in [-0.1, -0.05) is 26.0 Å². The molecule has 2 aliphatic heterocycles. The van der Waals surface area contributed by atoms with Gasteiger partial charge in [-0.3, -0.25) is 19.2 Å². The van der Waals surface area contributed by atoms with Crippen LogP contribution in [0.15, 0.2) is 34.7 Å². The molecule has 11 heteroatoms. The first-order chi connectivity index (χ1) is 19.2. The van der Waals surface area contributed by atoms with Crippen LogP contribution in [0.4, 0.5) is 5.82 Å². The highest BCUT2D eigenvalue weighted by Crippen LogP contribution is 2.32. The van der Waals surface area contributed by atoms with Crippen molar-refractivity contribution in [3.63, 3.8) is 0 Å². The van der Waals surface area contributed by atoms with E-state index in [1.165, 1.54) is 0 Å². The number of piperazine rings is 1. The molecule has 6 rings (SSSR count). The monoisotopic (exact) mass is 546 g/mol. The molecular weight excluding hydrogens is 508 g/mol. The van der Waals surface area contributed by atoms with E-state index in [9.17, 15) is 4.79 Å². The number of nitrogens with zero attached hydrogens (tertiary/aromatic N) is 7. The Morgan fingerprint density at radius 3 is 2.42 bits per heavy atom. The third-order valence-corrected chi connectivity index (χ3v) is 8.15. The van der Waals surface area contributed by atoms with Crippen molar-refractivity contribution >= 4 is 33.9 Å². The number of anilines is 1. The van der Waals surface area contributed by atoms with Crippen molar-refractivity contribution < 1.29 is 13.9 Å². The van der Waals surface area contributed by atoms with Gasteiger partial charge < -0.3 is 19.8 Å². The number of fused-ring (bicyclic) bond motifs is 2. The molecule has 0 bridgehead atoms. The Kier molecular flexibility index (Phi) is 6.97. The van der Waals surface area contributed by atoms with E-state index in [2.05, 4.69) is 39.2 Å². The van der Waals surface area contributed by atoms with E-state index in [1.807, 2.05) is 38.1 Å². The molecule has 2 fully saturated rings. The van der Waals surface area contributed by atoms with Crippen LogP contribution in [-0.2, 0) is 16.1 Å². The van der Waals surface area contributed by atoms with Crippen LogP contribution >= 0.6 is 0 Å². The molecule has 2 N–H and O–H groups in total. The number of carbonyl (C=O) groups excluding carboxylic acids is 1. The number of hydrogen-bond acceptors (Lipinski definition) is 9. The smallest absolute Gasteiger partial charge is 0.238 e. The molecule has 40 heavy (non-hydrogen) atoms. The Labute approximate surface area is 233 Å². The van der Waals surface area contributed by atoms with E-state index in [0.29, 0.717) is 31.3 Å². The maximum Gasteiger partial charge on any atom is 0.238 e. The molecule has 11 nitrogen and oxygen atoms in total. The van der Waals surface area contributed by atoms with E-state index >= 15 is 0 Å².